The summed E-state index contributed by atoms with van der Waals surface area (Å²) in [6, 6.07) is 16.7. The highest BCUT2D eigenvalue weighted by atomic mass is 16.5. The van der Waals surface area contributed by atoms with Gasteiger partial charge in [0.2, 0.25) is 0 Å². The van der Waals surface area contributed by atoms with Crippen molar-refractivity contribution in [1.82, 2.24) is 5.32 Å². The smallest absolute Gasteiger partial charge is 0.308 e. The lowest BCUT2D eigenvalue weighted by Crippen LogP contribution is -2.23. The molecule has 0 bridgehead atoms. The monoisotopic (exact) mass is 420 g/mol. The first-order chi connectivity index (χ1) is 14.8. The van der Waals surface area contributed by atoms with Gasteiger partial charge >= 0.3 is 5.97 Å². The number of hydrogen-bond acceptors (Lipinski definition) is 6. The third-order valence-corrected chi connectivity index (χ3v) is 4.16. The molecule has 0 fully saturated rings. The lowest BCUT2D eigenvalue weighted by molar-refractivity contribution is -0.131. The van der Waals surface area contributed by atoms with Crippen molar-refractivity contribution in [3.8, 4) is 17.2 Å². The fourth-order valence-corrected chi connectivity index (χ4v) is 2.84. The van der Waals surface area contributed by atoms with Crippen LogP contribution in [0.3, 0.4) is 0 Å². The van der Waals surface area contributed by atoms with Crippen LogP contribution >= 0.6 is 0 Å². The number of aromatic hydroxyl groups is 2. The molecule has 158 valence electrons. The van der Waals surface area contributed by atoms with E-state index in [0.717, 1.165) is 11.6 Å². The molecule has 0 saturated carbocycles. The van der Waals surface area contributed by atoms with Crippen LogP contribution in [0.4, 0.5) is 5.69 Å². The van der Waals surface area contributed by atoms with Crippen LogP contribution < -0.4 is 15.4 Å². The van der Waals surface area contributed by atoms with E-state index < -0.39 is 11.9 Å². The Labute approximate surface area is 178 Å². The summed E-state index contributed by atoms with van der Waals surface area (Å²) in [7, 11) is 0. The van der Waals surface area contributed by atoms with E-state index in [9.17, 15) is 24.6 Å². The number of ether oxygens (including phenoxy) is 1. The Morgan fingerprint density at radius 1 is 0.839 bits per heavy atom. The summed E-state index contributed by atoms with van der Waals surface area (Å²) in [5.41, 5.74) is 1.66. The zero-order valence-electron chi connectivity index (χ0n) is 16.6. The summed E-state index contributed by atoms with van der Waals surface area (Å²) in [6.45, 7) is 1.48. The van der Waals surface area contributed by atoms with Crippen LogP contribution in [-0.2, 0) is 11.3 Å². The van der Waals surface area contributed by atoms with Crippen LogP contribution in [0.25, 0.3) is 0 Å². The molecular weight excluding hydrogens is 400 g/mol. The number of nitrogens with one attached hydrogen (secondary N) is 2. The number of anilines is 1. The number of phenols is 2. The second kappa shape index (κ2) is 9.45. The molecule has 4 N–H and O–H groups in total. The summed E-state index contributed by atoms with van der Waals surface area (Å²) >= 11 is 0. The number of carbonyl (C=O) groups is 3. The fraction of sp³-hybridized carbons (Fsp3) is 0.0870. The maximum atomic E-state index is 12.4. The molecular formula is C23H20N2O6. The van der Waals surface area contributed by atoms with Crippen molar-refractivity contribution in [2.75, 3.05) is 5.32 Å². The average Bonchev–Trinajstić information content (AvgIpc) is 2.71. The van der Waals surface area contributed by atoms with Gasteiger partial charge in [-0.05, 0) is 48.0 Å². The Morgan fingerprint density at radius 3 is 2.26 bits per heavy atom. The van der Waals surface area contributed by atoms with Crippen molar-refractivity contribution in [1.29, 1.82) is 0 Å². The minimum atomic E-state index is -0.505. The molecule has 0 radical (unpaired) electrons. The summed E-state index contributed by atoms with van der Waals surface area (Å²) in [5.74, 6) is -1.49. The zero-order chi connectivity index (χ0) is 22.4. The van der Waals surface area contributed by atoms with Gasteiger partial charge in [0, 0.05) is 36.3 Å². The number of esters is 1. The van der Waals surface area contributed by atoms with E-state index in [0.29, 0.717) is 11.3 Å². The first-order valence-corrected chi connectivity index (χ1v) is 9.30. The van der Waals surface area contributed by atoms with Crippen LogP contribution in [0.5, 0.6) is 17.2 Å². The van der Waals surface area contributed by atoms with Crippen LogP contribution in [-0.4, -0.2) is 28.0 Å². The van der Waals surface area contributed by atoms with Crippen LogP contribution in [0, 0.1) is 0 Å². The molecule has 8 nitrogen and oxygen atoms in total. The van der Waals surface area contributed by atoms with Crippen molar-refractivity contribution in [3.63, 3.8) is 0 Å². The molecule has 31 heavy (non-hydrogen) atoms. The minimum absolute atomic E-state index is 0.101. The van der Waals surface area contributed by atoms with Gasteiger partial charge in [-0.3, -0.25) is 14.4 Å². The van der Waals surface area contributed by atoms with E-state index in [1.54, 1.807) is 42.5 Å². The highest BCUT2D eigenvalue weighted by Gasteiger charge is 2.11. The largest absolute Gasteiger partial charge is 0.508 e. The van der Waals surface area contributed by atoms with E-state index in [2.05, 4.69) is 10.6 Å². The van der Waals surface area contributed by atoms with Crippen LogP contribution in [0.2, 0.25) is 0 Å². The van der Waals surface area contributed by atoms with Gasteiger partial charge < -0.3 is 25.6 Å². The highest BCUT2D eigenvalue weighted by molar-refractivity contribution is 6.04. The van der Waals surface area contributed by atoms with Gasteiger partial charge in [0.25, 0.3) is 11.8 Å². The highest BCUT2D eigenvalue weighted by Crippen LogP contribution is 2.21. The normalized spacial score (nSPS) is 10.2. The second-order valence-corrected chi connectivity index (χ2v) is 6.70. The summed E-state index contributed by atoms with van der Waals surface area (Å²) in [6.07, 6.45) is 0. The summed E-state index contributed by atoms with van der Waals surface area (Å²) in [4.78, 5) is 35.8. The molecule has 0 aliphatic rings. The topological polar surface area (TPSA) is 125 Å². The van der Waals surface area contributed by atoms with Crippen molar-refractivity contribution < 1.29 is 29.3 Å². The standard InChI is InChI=1S/C23H20N2O6/c1-14(26)31-21-7-3-5-16(11-21)22(29)24-13-15-4-2-6-18(8-15)25-23(30)17-9-19(27)12-20(28)10-17/h2-12,27-28H,13H2,1H3,(H,24,29)(H,25,30). The van der Waals surface area contributed by atoms with E-state index in [4.69, 9.17) is 4.74 Å². The maximum absolute atomic E-state index is 12.4. The van der Waals surface area contributed by atoms with Crippen molar-refractivity contribution in [2.24, 2.45) is 0 Å². The SMILES string of the molecule is CC(=O)Oc1cccc(C(=O)NCc2cccc(NC(=O)c3cc(O)cc(O)c3)c2)c1. The predicted molar refractivity (Wildman–Crippen MR) is 113 cm³/mol. The van der Waals surface area contributed by atoms with Crippen LogP contribution in [0.15, 0.2) is 66.7 Å². The number of hydrogen-bond donors (Lipinski definition) is 4. The molecule has 2 amide bonds. The van der Waals surface area contributed by atoms with Gasteiger partial charge in [0.1, 0.15) is 17.2 Å². The Morgan fingerprint density at radius 2 is 1.55 bits per heavy atom. The number of phenolic OH excluding ortho intramolecular Hbond substituents is 2. The average molecular weight is 420 g/mol. The molecule has 0 aliphatic heterocycles. The molecule has 0 heterocycles. The molecule has 0 atom stereocenters. The summed E-state index contributed by atoms with van der Waals surface area (Å²) < 4.78 is 4.98. The van der Waals surface area contributed by atoms with Gasteiger partial charge in [-0.15, -0.1) is 0 Å². The van der Waals surface area contributed by atoms with Gasteiger partial charge in [-0.25, -0.2) is 0 Å². The molecule has 3 aromatic carbocycles. The van der Waals surface area contributed by atoms with Crippen molar-refractivity contribution in [3.05, 3.63) is 83.4 Å². The second-order valence-electron chi connectivity index (χ2n) is 6.70. The third kappa shape index (κ3) is 6.07. The molecule has 0 saturated heterocycles. The van der Waals surface area contributed by atoms with Gasteiger partial charge in [0.05, 0.1) is 0 Å². The van der Waals surface area contributed by atoms with Gasteiger partial charge in [-0.2, -0.15) is 0 Å². The van der Waals surface area contributed by atoms with Crippen molar-refractivity contribution >= 4 is 23.5 Å². The predicted octanol–water partition coefficient (Wildman–Crippen LogP) is 3.21. The minimum Gasteiger partial charge on any atom is -0.508 e. The number of amides is 2. The van der Waals surface area contributed by atoms with E-state index >= 15 is 0 Å². The lowest BCUT2D eigenvalue weighted by atomic mass is 10.1. The molecule has 0 aliphatic carbocycles. The number of benzene rings is 3. The number of rotatable bonds is 6. The Balaban J connectivity index is 1.63. The first-order valence-electron chi connectivity index (χ1n) is 9.30. The maximum Gasteiger partial charge on any atom is 0.308 e. The quantitative estimate of drug-likeness (QED) is 0.359. The number of carbonyl (C=O) groups excluding carboxylic acids is 3. The Kier molecular flexibility index (Phi) is 6.51. The first kappa shape index (κ1) is 21.4. The molecule has 3 aromatic rings. The third-order valence-electron chi connectivity index (χ3n) is 4.16. The van der Waals surface area contributed by atoms with E-state index in [1.807, 2.05) is 0 Å². The van der Waals surface area contributed by atoms with E-state index in [1.165, 1.54) is 25.1 Å². The van der Waals surface area contributed by atoms with Crippen LogP contribution in [0.1, 0.15) is 33.2 Å². The molecule has 0 unspecified atom stereocenters. The zero-order valence-corrected chi connectivity index (χ0v) is 16.6. The molecule has 0 spiro atoms. The Hall–Kier alpha value is -4.33. The molecule has 0 aromatic heterocycles. The van der Waals surface area contributed by atoms with Gasteiger partial charge in [0.15, 0.2) is 0 Å². The molecule has 8 heteroatoms. The van der Waals surface area contributed by atoms with Crippen molar-refractivity contribution in [2.45, 2.75) is 13.5 Å². The fourth-order valence-electron chi connectivity index (χ4n) is 2.84. The summed E-state index contributed by atoms with van der Waals surface area (Å²) in [5, 5.41) is 24.5. The van der Waals surface area contributed by atoms with E-state index in [-0.39, 0.29) is 35.3 Å². The molecule has 3 rings (SSSR count). The lowest BCUT2D eigenvalue weighted by Gasteiger charge is -2.10. The Bertz CT molecular complexity index is 1120. The van der Waals surface area contributed by atoms with Gasteiger partial charge in [-0.1, -0.05) is 18.2 Å².